The van der Waals surface area contributed by atoms with Crippen LogP contribution in [-0.4, -0.2) is 13.1 Å². The molecule has 6 heteroatoms. The predicted molar refractivity (Wildman–Crippen MR) is 88.0 cm³/mol. The van der Waals surface area contributed by atoms with Crippen LogP contribution in [0.25, 0.3) is 10.4 Å². The molecule has 2 rings (SSSR count). The summed E-state index contributed by atoms with van der Waals surface area (Å²) in [6.07, 6.45) is 0. The van der Waals surface area contributed by atoms with Crippen LogP contribution in [0.4, 0.5) is 5.69 Å². The maximum Gasteiger partial charge on any atom is 0.350 e. The summed E-state index contributed by atoms with van der Waals surface area (Å²) in [5, 5.41) is 0.684. The number of rotatable bonds is 2. The number of nitrogens with two attached hydrogens (primary N) is 1. The second-order valence-electron chi connectivity index (χ2n) is 3.92. The minimum Gasteiger partial charge on any atom is -0.465 e. The van der Waals surface area contributed by atoms with Crippen molar-refractivity contribution in [3.05, 3.63) is 37.2 Å². The van der Waals surface area contributed by atoms with Gasteiger partial charge >= 0.3 is 5.97 Å². The molecule has 2 N–H and O–H groups in total. The van der Waals surface area contributed by atoms with Crippen LogP contribution in [0.3, 0.4) is 0 Å². The van der Waals surface area contributed by atoms with Crippen LogP contribution in [0, 0.1) is 10.5 Å². The van der Waals surface area contributed by atoms with Crippen molar-refractivity contribution in [1.29, 1.82) is 0 Å². The van der Waals surface area contributed by atoms with Crippen molar-refractivity contribution in [3.8, 4) is 10.4 Å². The molecule has 100 valence electrons. The lowest BCUT2D eigenvalue weighted by Crippen LogP contribution is -2.01. The summed E-state index contributed by atoms with van der Waals surface area (Å²) < 4.78 is 5.71. The molecule has 0 aliphatic carbocycles. The third-order valence-corrected chi connectivity index (χ3v) is 5.65. The van der Waals surface area contributed by atoms with Crippen molar-refractivity contribution in [1.82, 2.24) is 0 Å². The van der Waals surface area contributed by atoms with Crippen LogP contribution in [0.15, 0.2) is 18.2 Å². The lowest BCUT2D eigenvalue weighted by molar-refractivity contribution is 0.0607. The number of anilines is 1. The number of methoxy groups -OCH3 is 1. The lowest BCUT2D eigenvalue weighted by Gasteiger charge is -2.02. The van der Waals surface area contributed by atoms with Gasteiger partial charge in [0.1, 0.15) is 4.88 Å². The average molecular weight is 408 g/mol. The highest BCUT2D eigenvalue weighted by molar-refractivity contribution is 14.1. The van der Waals surface area contributed by atoms with Gasteiger partial charge < -0.3 is 10.5 Å². The summed E-state index contributed by atoms with van der Waals surface area (Å²) in [4.78, 5) is 13.0. The molecule has 0 fully saturated rings. The third kappa shape index (κ3) is 2.73. The topological polar surface area (TPSA) is 52.3 Å². The van der Waals surface area contributed by atoms with Crippen LogP contribution in [0.5, 0.6) is 0 Å². The zero-order valence-electron chi connectivity index (χ0n) is 10.3. The highest BCUT2D eigenvalue weighted by Gasteiger charge is 2.20. The summed E-state index contributed by atoms with van der Waals surface area (Å²) in [6, 6.07) is 5.78. The van der Waals surface area contributed by atoms with Crippen molar-refractivity contribution in [2.24, 2.45) is 0 Å². The fourth-order valence-corrected chi connectivity index (χ4v) is 3.34. The maximum absolute atomic E-state index is 11.6. The first-order valence-corrected chi connectivity index (χ1v) is 7.65. The van der Waals surface area contributed by atoms with Gasteiger partial charge in [0.15, 0.2) is 0 Å². The molecule has 0 aliphatic rings. The lowest BCUT2D eigenvalue weighted by atomic mass is 10.1. The van der Waals surface area contributed by atoms with Crippen molar-refractivity contribution >= 4 is 57.2 Å². The summed E-state index contributed by atoms with van der Waals surface area (Å²) in [5.41, 5.74) is 8.26. The number of hydrogen-bond donors (Lipinski definition) is 1. The molecule has 0 bridgehead atoms. The quantitative estimate of drug-likeness (QED) is 0.595. The molecule has 0 atom stereocenters. The van der Waals surface area contributed by atoms with Crippen molar-refractivity contribution < 1.29 is 9.53 Å². The van der Waals surface area contributed by atoms with Gasteiger partial charge in [-0.2, -0.15) is 0 Å². The molecule has 0 amide bonds. The van der Waals surface area contributed by atoms with E-state index in [1.54, 1.807) is 0 Å². The van der Waals surface area contributed by atoms with Crippen molar-refractivity contribution in [3.63, 3.8) is 0 Å². The predicted octanol–water partition coefficient (Wildman–Crippen LogP) is 4.35. The van der Waals surface area contributed by atoms with Gasteiger partial charge in [0.05, 0.1) is 17.8 Å². The Morgan fingerprint density at radius 2 is 2.16 bits per heavy atom. The molecular weight excluding hydrogens is 397 g/mol. The Balaban J connectivity index is 2.57. The van der Waals surface area contributed by atoms with Crippen LogP contribution < -0.4 is 5.73 Å². The summed E-state index contributed by atoms with van der Waals surface area (Å²) in [6.45, 7) is 1.89. The SMILES string of the molecule is COC(=O)c1sc(-c2ccc(I)c(Cl)c2)c(C)c1N. The standard InChI is InChI=1S/C13H11ClINO2S/c1-6-10(16)12(13(17)18-2)19-11(6)7-3-4-9(15)8(14)5-7/h3-5H,16H2,1-2H3. The van der Waals surface area contributed by atoms with Crippen LogP contribution in [-0.2, 0) is 4.74 Å². The number of carbonyl (C=O) groups excluding carboxylic acids is 1. The van der Waals surface area contributed by atoms with Crippen molar-refractivity contribution in [2.45, 2.75) is 6.92 Å². The number of benzene rings is 1. The van der Waals surface area contributed by atoms with E-state index in [1.165, 1.54) is 18.4 Å². The number of carbonyl (C=O) groups is 1. The van der Waals surface area contributed by atoms with Gasteiger partial charge in [0.25, 0.3) is 0 Å². The summed E-state index contributed by atoms with van der Waals surface area (Å²) in [7, 11) is 1.35. The molecule has 3 nitrogen and oxygen atoms in total. The first-order chi connectivity index (χ1) is 8.95. The van der Waals surface area contributed by atoms with Gasteiger partial charge in [-0.1, -0.05) is 17.7 Å². The van der Waals surface area contributed by atoms with Gasteiger partial charge in [0.2, 0.25) is 0 Å². The van der Waals surface area contributed by atoms with Crippen LogP contribution >= 0.6 is 45.5 Å². The number of halogens is 2. The molecule has 2 aromatic rings. The largest absolute Gasteiger partial charge is 0.465 e. The maximum atomic E-state index is 11.6. The van der Waals surface area contributed by atoms with E-state index in [0.717, 1.165) is 19.6 Å². The van der Waals surface area contributed by atoms with E-state index in [2.05, 4.69) is 22.6 Å². The average Bonchev–Trinajstić information content (AvgIpc) is 2.69. The number of ether oxygens (including phenoxy) is 1. The minimum atomic E-state index is -0.409. The second kappa shape index (κ2) is 5.68. The van der Waals surface area contributed by atoms with Crippen molar-refractivity contribution in [2.75, 3.05) is 12.8 Å². The molecular formula is C13H11ClINO2S. The van der Waals surface area contributed by atoms with Gasteiger partial charge in [-0.05, 0) is 52.8 Å². The highest BCUT2D eigenvalue weighted by Crippen LogP contribution is 2.39. The fourth-order valence-electron chi connectivity index (χ4n) is 1.68. The monoisotopic (exact) mass is 407 g/mol. The molecule has 0 saturated heterocycles. The highest BCUT2D eigenvalue weighted by atomic mass is 127. The molecule has 1 aromatic carbocycles. The zero-order chi connectivity index (χ0) is 14.2. The molecule has 0 aliphatic heterocycles. The number of hydrogen-bond acceptors (Lipinski definition) is 4. The fraction of sp³-hybridized carbons (Fsp3) is 0.154. The van der Waals surface area contributed by atoms with Gasteiger partial charge in [-0.3, -0.25) is 0 Å². The Morgan fingerprint density at radius 1 is 1.47 bits per heavy atom. The number of esters is 1. The Kier molecular flexibility index (Phi) is 4.37. The summed E-state index contributed by atoms with van der Waals surface area (Å²) in [5.74, 6) is -0.409. The van der Waals surface area contributed by atoms with Crippen LogP contribution in [0.2, 0.25) is 5.02 Å². The van der Waals surface area contributed by atoms with Gasteiger partial charge in [-0.25, -0.2) is 4.79 Å². The molecule has 1 aromatic heterocycles. The van der Waals surface area contributed by atoms with E-state index in [4.69, 9.17) is 22.1 Å². The van der Waals surface area contributed by atoms with E-state index in [9.17, 15) is 4.79 Å². The Labute approximate surface area is 133 Å². The van der Waals surface area contributed by atoms with E-state index in [0.29, 0.717) is 15.6 Å². The number of thiophene rings is 1. The Bertz CT molecular complexity index is 654. The first kappa shape index (κ1) is 14.6. The molecule has 0 saturated carbocycles. The van der Waals surface area contributed by atoms with Gasteiger partial charge in [-0.15, -0.1) is 11.3 Å². The molecule has 0 spiro atoms. The number of nitrogen functional groups attached to an aromatic ring is 1. The Hall–Kier alpha value is -0.790. The molecule has 0 radical (unpaired) electrons. The minimum absolute atomic E-state index is 0.409. The van der Waals surface area contributed by atoms with Gasteiger partial charge in [0, 0.05) is 8.45 Å². The second-order valence-corrected chi connectivity index (χ2v) is 6.51. The van der Waals surface area contributed by atoms with E-state index < -0.39 is 5.97 Å². The molecule has 19 heavy (non-hydrogen) atoms. The van der Waals surface area contributed by atoms with E-state index in [-0.39, 0.29) is 0 Å². The first-order valence-electron chi connectivity index (χ1n) is 5.38. The molecule has 1 heterocycles. The normalized spacial score (nSPS) is 10.5. The Morgan fingerprint density at radius 3 is 2.74 bits per heavy atom. The molecule has 0 unspecified atom stereocenters. The zero-order valence-corrected chi connectivity index (χ0v) is 14.0. The van der Waals surface area contributed by atoms with E-state index >= 15 is 0 Å². The summed E-state index contributed by atoms with van der Waals surface area (Å²) >= 11 is 9.62. The smallest absolute Gasteiger partial charge is 0.350 e. The third-order valence-electron chi connectivity index (χ3n) is 2.75. The van der Waals surface area contributed by atoms with E-state index in [1.807, 2.05) is 25.1 Å². The van der Waals surface area contributed by atoms with Crippen LogP contribution in [0.1, 0.15) is 15.2 Å².